The van der Waals surface area contributed by atoms with E-state index in [1.807, 2.05) is 79.0 Å². The summed E-state index contributed by atoms with van der Waals surface area (Å²) in [5, 5.41) is 0. The summed E-state index contributed by atoms with van der Waals surface area (Å²) in [5.41, 5.74) is -1.48. The molecule has 5 rings (SSSR count). The van der Waals surface area contributed by atoms with E-state index in [-0.39, 0.29) is 23.8 Å². The average molecular weight is 768 g/mol. The Labute approximate surface area is 303 Å². The zero-order chi connectivity index (χ0) is 37.2. The molecule has 0 unspecified atom stereocenters. The smallest absolute Gasteiger partial charge is 0.444 e. The molecular formula is C34H50BBrF2N6O6. The summed E-state index contributed by atoms with van der Waals surface area (Å²) in [7, 11) is -0.653. The van der Waals surface area contributed by atoms with E-state index in [2.05, 4.69) is 25.9 Å². The summed E-state index contributed by atoms with van der Waals surface area (Å²) in [6.45, 7) is 22.8. The van der Waals surface area contributed by atoms with Crippen LogP contribution in [0.4, 0.5) is 30.0 Å². The molecule has 276 valence electrons. The van der Waals surface area contributed by atoms with Gasteiger partial charge in [0, 0.05) is 74.7 Å². The third kappa shape index (κ3) is 10.2. The molecule has 2 aromatic rings. The van der Waals surface area contributed by atoms with E-state index in [0.717, 1.165) is 0 Å². The van der Waals surface area contributed by atoms with Crippen molar-refractivity contribution in [3.8, 4) is 0 Å². The molecule has 3 saturated heterocycles. The van der Waals surface area contributed by atoms with Crippen molar-refractivity contribution in [2.24, 2.45) is 0 Å². The Hall–Kier alpha value is -3.24. The fraction of sp³-hybridized carbons (Fsp3) is 0.647. The van der Waals surface area contributed by atoms with Crippen molar-refractivity contribution >= 4 is 52.3 Å². The van der Waals surface area contributed by atoms with Crippen LogP contribution < -0.4 is 15.3 Å². The first-order valence-corrected chi connectivity index (χ1v) is 17.6. The SMILES string of the molecule is CC(C)(C)OC(=O)N1CCN(c2ncc(B3OC(C)(C)C(C)(C)O3)cc2F)CC1.CC(C)(C)OC(=O)N1CCN(c2ncc(Br)cc2F)CC1. The van der Waals surface area contributed by atoms with Crippen LogP contribution >= 0.6 is 15.9 Å². The van der Waals surface area contributed by atoms with E-state index >= 15 is 0 Å². The molecule has 16 heteroatoms. The van der Waals surface area contributed by atoms with Crippen LogP contribution in [0.2, 0.25) is 0 Å². The second-order valence-electron chi connectivity index (χ2n) is 15.5. The standard InChI is InChI=1S/C20H31BFN3O4.C14H19BrFN3O2/c1-18(2,3)27-17(26)25-10-8-24(9-11-25)16-15(22)12-14(13-23-16)21-28-19(4,5)20(6,7)29-21;1-14(2,3)21-13(20)19-6-4-18(5-7-19)12-11(16)8-10(15)9-17-12/h12-13H,8-11H2,1-7H3;8-9H,4-7H2,1-3H3. The molecule has 0 N–H and O–H groups in total. The first-order valence-electron chi connectivity index (χ1n) is 16.8. The first kappa shape index (κ1) is 39.5. The molecule has 0 atom stereocenters. The lowest BCUT2D eigenvalue weighted by molar-refractivity contribution is 0.00578. The van der Waals surface area contributed by atoms with Crippen molar-refractivity contribution < 1.29 is 37.2 Å². The summed E-state index contributed by atoms with van der Waals surface area (Å²) >= 11 is 3.19. The molecule has 0 saturated carbocycles. The first-order chi connectivity index (χ1) is 23.0. The van der Waals surface area contributed by atoms with E-state index < -0.39 is 35.3 Å². The average Bonchev–Trinajstić information content (AvgIpc) is 3.22. The van der Waals surface area contributed by atoms with Crippen LogP contribution in [0.15, 0.2) is 29.0 Å². The van der Waals surface area contributed by atoms with Gasteiger partial charge in [-0.25, -0.2) is 28.3 Å². The number of aromatic nitrogens is 2. The highest BCUT2D eigenvalue weighted by Crippen LogP contribution is 2.36. The van der Waals surface area contributed by atoms with Crippen molar-refractivity contribution in [2.75, 3.05) is 62.2 Å². The Balaban J connectivity index is 0.000000237. The van der Waals surface area contributed by atoms with Crippen LogP contribution in [0.5, 0.6) is 0 Å². The number of halogens is 3. The number of anilines is 2. The molecule has 12 nitrogen and oxygen atoms in total. The molecule has 3 aliphatic heterocycles. The summed E-state index contributed by atoms with van der Waals surface area (Å²) in [5.74, 6) is -0.200. The topological polar surface area (TPSA) is 110 Å². The largest absolute Gasteiger partial charge is 0.496 e. The van der Waals surface area contributed by atoms with Crippen molar-refractivity contribution in [1.29, 1.82) is 0 Å². The Bertz CT molecular complexity index is 1510. The second kappa shape index (κ2) is 15.2. The van der Waals surface area contributed by atoms with Crippen molar-refractivity contribution in [3.63, 3.8) is 0 Å². The Kier molecular flexibility index (Phi) is 12.0. The maximum Gasteiger partial charge on any atom is 0.496 e. The van der Waals surface area contributed by atoms with Crippen LogP contribution in [0.3, 0.4) is 0 Å². The van der Waals surface area contributed by atoms with E-state index in [0.29, 0.717) is 68.1 Å². The summed E-state index contributed by atoms with van der Waals surface area (Å²) in [4.78, 5) is 39.5. The molecule has 2 amide bonds. The highest BCUT2D eigenvalue weighted by atomic mass is 79.9. The van der Waals surface area contributed by atoms with Gasteiger partial charge in [0.2, 0.25) is 0 Å². The number of ether oxygens (including phenoxy) is 2. The van der Waals surface area contributed by atoms with Gasteiger partial charge >= 0.3 is 19.3 Å². The normalized spacial score (nSPS) is 19.2. The molecule has 0 aliphatic carbocycles. The van der Waals surface area contributed by atoms with Crippen LogP contribution in [0, 0.1) is 11.6 Å². The monoisotopic (exact) mass is 766 g/mol. The summed E-state index contributed by atoms with van der Waals surface area (Å²) < 4.78 is 52.0. The lowest BCUT2D eigenvalue weighted by Crippen LogP contribution is -2.50. The number of piperazine rings is 2. The number of nitrogens with zero attached hydrogens (tertiary/aromatic N) is 6. The van der Waals surface area contributed by atoms with Crippen LogP contribution in [-0.4, -0.2) is 114 Å². The fourth-order valence-electron chi connectivity index (χ4n) is 5.28. The Morgan fingerprint density at radius 2 is 1.10 bits per heavy atom. The summed E-state index contributed by atoms with van der Waals surface area (Å²) in [6, 6.07) is 2.81. The van der Waals surface area contributed by atoms with Gasteiger partial charge < -0.3 is 38.4 Å². The summed E-state index contributed by atoms with van der Waals surface area (Å²) in [6.07, 6.45) is 2.49. The number of carbonyl (C=O) groups is 2. The molecule has 0 bridgehead atoms. The number of rotatable bonds is 3. The molecule has 2 aromatic heterocycles. The Morgan fingerprint density at radius 1 is 0.720 bits per heavy atom. The minimum Gasteiger partial charge on any atom is -0.444 e. The van der Waals surface area contributed by atoms with Crippen LogP contribution in [0.25, 0.3) is 0 Å². The van der Waals surface area contributed by atoms with E-state index in [9.17, 15) is 18.4 Å². The van der Waals surface area contributed by atoms with Gasteiger partial charge in [-0.05, 0) is 97.3 Å². The third-order valence-electron chi connectivity index (χ3n) is 8.62. The zero-order valence-electron chi connectivity index (χ0n) is 30.8. The fourth-order valence-corrected chi connectivity index (χ4v) is 5.58. The lowest BCUT2D eigenvalue weighted by Gasteiger charge is -2.36. The highest BCUT2D eigenvalue weighted by molar-refractivity contribution is 9.10. The predicted octanol–water partition coefficient (Wildman–Crippen LogP) is 5.62. The maximum atomic E-state index is 14.8. The van der Waals surface area contributed by atoms with Gasteiger partial charge in [-0.15, -0.1) is 0 Å². The van der Waals surface area contributed by atoms with E-state index in [1.54, 1.807) is 22.2 Å². The van der Waals surface area contributed by atoms with Gasteiger partial charge in [-0.3, -0.25) is 0 Å². The number of amides is 2. The van der Waals surface area contributed by atoms with Gasteiger partial charge in [0.25, 0.3) is 0 Å². The molecule has 50 heavy (non-hydrogen) atoms. The van der Waals surface area contributed by atoms with E-state index in [4.69, 9.17) is 18.8 Å². The van der Waals surface area contributed by atoms with Gasteiger partial charge in [0.1, 0.15) is 11.2 Å². The number of hydrogen-bond acceptors (Lipinski definition) is 10. The lowest BCUT2D eigenvalue weighted by atomic mass is 9.80. The van der Waals surface area contributed by atoms with Crippen molar-refractivity contribution in [1.82, 2.24) is 19.8 Å². The zero-order valence-corrected chi connectivity index (χ0v) is 32.4. The van der Waals surface area contributed by atoms with Gasteiger partial charge in [-0.2, -0.15) is 0 Å². The minimum atomic E-state index is -0.653. The molecule has 3 fully saturated rings. The minimum absolute atomic E-state index is 0.272. The highest BCUT2D eigenvalue weighted by Gasteiger charge is 2.52. The van der Waals surface area contributed by atoms with Gasteiger partial charge in [0.15, 0.2) is 23.3 Å². The molecule has 0 radical (unpaired) electrons. The second-order valence-corrected chi connectivity index (χ2v) is 16.4. The quantitative estimate of drug-likeness (QED) is 0.366. The van der Waals surface area contributed by atoms with Crippen LogP contribution in [0.1, 0.15) is 69.2 Å². The Morgan fingerprint density at radius 3 is 1.46 bits per heavy atom. The van der Waals surface area contributed by atoms with Gasteiger partial charge in [-0.1, -0.05) is 0 Å². The van der Waals surface area contributed by atoms with Crippen molar-refractivity contribution in [3.05, 3.63) is 40.6 Å². The molecule has 0 spiro atoms. The van der Waals surface area contributed by atoms with E-state index in [1.165, 1.54) is 12.1 Å². The molecule has 0 aromatic carbocycles. The number of hydrogen-bond donors (Lipinski definition) is 0. The molecule has 5 heterocycles. The maximum absolute atomic E-state index is 14.8. The third-order valence-corrected chi connectivity index (χ3v) is 9.05. The van der Waals surface area contributed by atoms with Crippen LogP contribution in [-0.2, 0) is 18.8 Å². The van der Waals surface area contributed by atoms with Crippen molar-refractivity contribution in [2.45, 2.75) is 91.6 Å². The number of carbonyl (C=O) groups excluding carboxylic acids is 2. The van der Waals surface area contributed by atoms with Gasteiger partial charge in [0.05, 0.1) is 11.2 Å². The number of pyridine rings is 2. The predicted molar refractivity (Wildman–Crippen MR) is 192 cm³/mol. The molecule has 3 aliphatic rings. The molecular weight excluding hydrogens is 717 g/mol.